The van der Waals surface area contributed by atoms with E-state index < -0.39 is 6.67 Å². The molecule has 0 fully saturated rings. The summed E-state index contributed by atoms with van der Waals surface area (Å²) in [5, 5.41) is 1.32. The minimum absolute atomic E-state index is 0.471. The van der Waals surface area contributed by atoms with Crippen LogP contribution in [0, 0.1) is 0 Å². The van der Waals surface area contributed by atoms with E-state index in [1.165, 1.54) is 0 Å². The topological polar surface area (TPSA) is 25.8 Å². The van der Waals surface area contributed by atoms with Crippen LogP contribution in [-0.2, 0) is 17.3 Å². The Morgan fingerprint density at radius 3 is 2.19 bits per heavy atom. The molecule has 0 radical (unpaired) electrons. The monoisotopic (exact) mass is 346 g/mol. The van der Waals surface area contributed by atoms with Crippen molar-refractivity contribution in [2.24, 2.45) is 0 Å². The lowest BCUT2D eigenvalue weighted by molar-refractivity contribution is 0.485. The molecule has 0 unspecified atom stereocenters. The number of alkyl halides is 3. The molecule has 2 nitrogen and oxygen atoms in total. The second-order valence-electron chi connectivity index (χ2n) is 3.34. The van der Waals surface area contributed by atoms with Gasteiger partial charge in [-0.05, 0) is 17.7 Å². The zero-order valence-electron chi connectivity index (χ0n) is 8.38. The van der Waals surface area contributed by atoms with E-state index in [-0.39, 0.29) is 0 Å². The van der Waals surface area contributed by atoms with E-state index in [1.54, 1.807) is 18.2 Å². The number of nitrogens with zero attached hydrogens (tertiary/aromatic N) is 2. The maximum absolute atomic E-state index is 12.5. The van der Waals surface area contributed by atoms with Gasteiger partial charge in [-0.2, -0.15) is 0 Å². The average molecular weight is 348 g/mol. The summed E-state index contributed by atoms with van der Waals surface area (Å²) in [6, 6.07) is 5.29. The van der Waals surface area contributed by atoms with Crippen molar-refractivity contribution in [2.75, 3.05) is 0 Å². The summed E-state index contributed by atoms with van der Waals surface area (Å²) in [5.74, 6) is 0. The van der Waals surface area contributed by atoms with Gasteiger partial charge in [-0.1, -0.05) is 37.9 Å². The highest BCUT2D eigenvalue weighted by molar-refractivity contribution is 9.09. The minimum Gasteiger partial charge on any atom is -0.248 e. The molecule has 5 heteroatoms. The van der Waals surface area contributed by atoms with Gasteiger partial charge in [0.05, 0.1) is 22.4 Å². The van der Waals surface area contributed by atoms with Gasteiger partial charge in [-0.25, -0.2) is 14.4 Å². The third-order valence-electron chi connectivity index (χ3n) is 2.29. The van der Waals surface area contributed by atoms with Crippen LogP contribution in [0.2, 0.25) is 0 Å². The van der Waals surface area contributed by atoms with Crippen molar-refractivity contribution in [3.8, 4) is 0 Å². The molecule has 16 heavy (non-hydrogen) atoms. The van der Waals surface area contributed by atoms with Gasteiger partial charge in [0.25, 0.3) is 0 Å². The van der Waals surface area contributed by atoms with Crippen molar-refractivity contribution in [1.29, 1.82) is 0 Å². The normalized spacial score (nSPS) is 10.9. The third kappa shape index (κ3) is 2.25. The molecule has 0 saturated heterocycles. The summed E-state index contributed by atoms with van der Waals surface area (Å²) in [7, 11) is 0. The Labute approximate surface area is 110 Å². The van der Waals surface area contributed by atoms with E-state index in [2.05, 4.69) is 41.8 Å². The van der Waals surface area contributed by atoms with Crippen molar-refractivity contribution in [3.05, 3.63) is 35.2 Å². The highest BCUT2D eigenvalue weighted by atomic mass is 79.9. The molecular formula is C11H9Br2FN2. The second-order valence-corrected chi connectivity index (χ2v) is 4.46. The standard InChI is InChI=1S/C11H9Br2FN2/c12-4-10-11(5-13)16-9-3-7(6-14)1-2-8(9)15-10/h1-3H,4-6H2. The maximum atomic E-state index is 12.5. The quantitative estimate of drug-likeness (QED) is 0.787. The zero-order valence-corrected chi connectivity index (χ0v) is 11.6. The summed E-state index contributed by atoms with van der Waals surface area (Å²) in [4.78, 5) is 8.95. The lowest BCUT2D eigenvalue weighted by atomic mass is 10.2. The lowest BCUT2D eigenvalue weighted by Gasteiger charge is -2.06. The largest absolute Gasteiger partial charge is 0.248 e. The number of hydrogen-bond donors (Lipinski definition) is 0. The first-order valence-electron chi connectivity index (χ1n) is 4.74. The fourth-order valence-corrected chi connectivity index (χ4v) is 2.37. The Hall–Kier alpha value is -0.550. The van der Waals surface area contributed by atoms with E-state index in [1.807, 2.05) is 0 Å². The molecular weight excluding hydrogens is 339 g/mol. The number of rotatable bonds is 3. The Bertz CT molecular complexity index is 517. The van der Waals surface area contributed by atoms with Crippen LogP contribution >= 0.6 is 31.9 Å². The molecule has 0 aliphatic carbocycles. The molecule has 0 atom stereocenters. The Balaban J connectivity index is 2.63. The smallest absolute Gasteiger partial charge is 0.115 e. The molecule has 1 aromatic carbocycles. The number of benzene rings is 1. The van der Waals surface area contributed by atoms with Gasteiger partial charge in [0.2, 0.25) is 0 Å². The number of hydrogen-bond acceptors (Lipinski definition) is 2. The minimum atomic E-state index is -0.471. The van der Waals surface area contributed by atoms with E-state index >= 15 is 0 Å². The number of halogens is 3. The first-order chi connectivity index (χ1) is 7.78. The maximum Gasteiger partial charge on any atom is 0.115 e. The van der Waals surface area contributed by atoms with E-state index in [0.717, 1.165) is 22.4 Å². The second kappa shape index (κ2) is 5.19. The van der Waals surface area contributed by atoms with Crippen LogP contribution in [0.4, 0.5) is 4.39 Å². The molecule has 0 aliphatic heterocycles. The molecule has 0 N–H and O–H groups in total. The van der Waals surface area contributed by atoms with E-state index in [9.17, 15) is 4.39 Å². The molecule has 0 bridgehead atoms. The van der Waals surface area contributed by atoms with Gasteiger partial charge in [0.15, 0.2) is 0 Å². The Morgan fingerprint density at radius 1 is 1.00 bits per heavy atom. The molecule has 2 rings (SSSR count). The lowest BCUT2D eigenvalue weighted by Crippen LogP contribution is -1.98. The van der Waals surface area contributed by atoms with Crippen LogP contribution in [-0.4, -0.2) is 9.97 Å². The highest BCUT2D eigenvalue weighted by Gasteiger charge is 2.07. The van der Waals surface area contributed by atoms with Crippen LogP contribution in [0.15, 0.2) is 18.2 Å². The van der Waals surface area contributed by atoms with Crippen LogP contribution in [0.1, 0.15) is 17.0 Å². The summed E-state index contributed by atoms with van der Waals surface area (Å²) in [6.07, 6.45) is 0. The third-order valence-corrected chi connectivity index (χ3v) is 3.35. The zero-order chi connectivity index (χ0) is 11.5. The summed E-state index contributed by atoms with van der Waals surface area (Å²) in [6.45, 7) is -0.471. The average Bonchev–Trinajstić information content (AvgIpc) is 2.36. The van der Waals surface area contributed by atoms with Crippen LogP contribution in [0.3, 0.4) is 0 Å². The molecule has 0 spiro atoms. The van der Waals surface area contributed by atoms with Crippen molar-refractivity contribution in [3.63, 3.8) is 0 Å². The Kier molecular flexibility index (Phi) is 3.86. The van der Waals surface area contributed by atoms with Crippen molar-refractivity contribution < 1.29 is 4.39 Å². The molecule has 0 amide bonds. The molecule has 0 saturated carbocycles. The number of fused-ring (bicyclic) bond motifs is 1. The van der Waals surface area contributed by atoms with Gasteiger partial charge in [0, 0.05) is 10.7 Å². The van der Waals surface area contributed by atoms with Crippen molar-refractivity contribution in [2.45, 2.75) is 17.3 Å². The summed E-state index contributed by atoms with van der Waals surface area (Å²) >= 11 is 6.75. The first kappa shape index (κ1) is 11.9. The molecule has 1 heterocycles. The predicted octanol–water partition coefficient (Wildman–Crippen LogP) is 3.89. The summed E-state index contributed by atoms with van der Waals surface area (Å²) < 4.78 is 12.5. The van der Waals surface area contributed by atoms with E-state index in [4.69, 9.17) is 0 Å². The van der Waals surface area contributed by atoms with Crippen LogP contribution < -0.4 is 0 Å². The fourth-order valence-electron chi connectivity index (χ4n) is 1.47. The predicted molar refractivity (Wildman–Crippen MR) is 69.6 cm³/mol. The van der Waals surface area contributed by atoms with Crippen LogP contribution in [0.5, 0.6) is 0 Å². The summed E-state index contributed by atoms with van der Waals surface area (Å²) in [5.41, 5.74) is 3.98. The van der Waals surface area contributed by atoms with Gasteiger partial charge >= 0.3 is 0 Å². The first-order valence-corrected chi connectivity index (χ1v) is 6.99. The van der Waals surface area contributed by atoms with Gasteiger partial charge in [0.1, 0.15) is 6.67 Å². The van der Waals surface area contributed by atoms with E-state index in [0.29, 0.717) is 16.2 Å². The fraction of sp³-hybridized carbons (Fsp3) is 0.273. The molecule has 0 aliphatic rings. The van der Waals surface area contributed by atoms with Gasteiger partial charge < -0.3 is 0 Å². The number of aromatic nitrogens is 2. The molecule has 1 aromatic heterocycles. The van der Waals surface area contributed by atoms with Crippen LogP contribution in [0.25, 0.3) is 11.0 Å². The van der Waals surface area contributed by atoms with Gasteiger partial charge in [-0.3, -0.25) is 0 Å². The van der Waals surface area contributed by atoms with Crippen molar-refractivity contribution in [1.82, 2.24) is 9.97 Å². The Morgan fingerprint density at radius 2 is 1.62 bits per heavy atom. The van der Waals surface area contributed by atoms with Crippen molar-refractivity contribution >= 4 is 42.9 Å². The SMILES string of the molecule is FCc1ccc2nc(CBr)c(CBr)nc2c1. The molecule has 84 valence electrons. The molecule has 2 aromatic rings. The highest BCUT2D eigenvalue weighted by Crippen LogP contribution is 2.18. The van der Waals surface area contributed by atoms with Gasteiger partial charge in [-0.15, -0.1) is 0 Å².